The molecule has 2 aromatic rings. The van der Waals surface area contributed by atoms with Crippen molar-refractivity contribution in [3.63, 3.8) is 0 Å². The summed E-state index contributed by atoms with van der Waals surface area (Å²) in [6.07, 6.45) is 0. The van der Waals surface area contributed by atoms with Gasteiger partial charge < -0.3 is 5.73 Å². The van der Waals surface area contributed by atoms with Crippen molar-refractivity contribution in [3.05, 3.63) is 51.2 Å². The molecule has 0 bridgehead atoms. The number of hydrogen-bond acceptors (Lipinski definition) is 3. The first-order chi connectivity index (χ1) is 9.69. The number of benzene rings is 2. The van der Waals surface area contributed by atoms with Crippen LogP contribution >= 0.6 is 27.5 Å². The first-order valence-electron chi connectivity index (χ1n) is 5.73. The highest BCUT2D eigenvalue weighted by Gasteiger charge is 2.20. The van der Waals surface area contributed by atoms with Crippen molar-refractivity contribution < 1.29 is 12.8 Å². The molecule has 3 N–H and O–H groups in total. The predicted molar refractivity (Wildman–Crippen MR) is 85.5 cm³/mol. The lowest BCUT2D eigenvalue weighted by atomic mass is 10.2. The highest BCUT2D eigenvalue weighted by atomic mass is 79.9. The number of aryl methyl sites for hydroxylation is 1. The highest BCUT2D eigenvalue weighted by Crippen LogP contribution is 2.32. The van der Waals surface area contributed by atoms with Crippen molar-refractivity contribution in [1.29, 1.82) is 0 Å². The van der Waals surface area contributed by atoms with Crippen LogP contribution in [0.5, 0.6) is 0 Å². The van der Waals surface area contributed by atoms with Crippen LogP contribution in [0.15, 0.2) is 39.7 Å². The predicted octanol–water partition coefficient (Wildman–Crippen LogP) is 3.93. The molecule has 0 aliphatic rings. The van der Waals surface area contributed by atoms with Gasteiger partial charge in [0.25, 0.3) is 10.0 Å². The standard InChI is InChI=1S/C13H11BrClFN2O2S/c1-7-2-9(16)6-10(3-7)18-21(19,20)12-5-8(15)4-11(17)13(12)14/h2-6,18H,17H2,1H3. The van der Waals surface area contributed by atoms with Gasteiger partial charge in [0, 0.05) is 10.7 Å². The summed E-state index contributed by atoms with van der Waals surface area (Å²) in [5.41, 5.74) is 6.59. The van der Waals surface area contributed by atoms with Gasteiger partial charge in [-0.05, 0) is 58.7 Å². The molecule has 0 unspecified atom stereocenters. The third-order valence-electron chi connectivity index (χ3n) is 2.62. The Hall–Kier alpha value is -1.31. The lowest BCUT2D eigenvalue weighted by Crippen LogP contribution is -2.14. The molecule has 21 heavy (non-hydrogen) atoms. The zero-order chi connectivity index (χ0) is 15.8. The van der Waals surface area contributed by atoms with Crippen LogP contribution < -0.4 is 10.5 Å². The number of hydrogen-bond donors (Lipinski definition) is 2. The van der Waals surface area contributed by atoms with Gasteiger partial charge in [-0.15, -0.1) is 0 Å². The minimum absolute atomic E-state index is 0.116. The molecule has 0 amide bonds. The molecule has 4 nitrogen and oxygen atoms in total. The summed E-state index contributed by atoms with van der Waals surface area (Å²) in [5.74, 6) is -0.530. The summed E-state index contributed by atoms with van der Waals surface area (Å²) >= 11 is 8.94. The Morgan fingerprint density at radius 1 is 1.24 bits per heavy atom. The van der Waals surface area contributed by atoms with E-state index in [-0.39, 0.29) is 25.8 Å². The largest absolute Gasteiger partial charge is 0.398 e. The summed E-state index contributed by atoms with van der Waals surface area (Å²) < 4.78 is 40.6. The molecule has 2 aromatic carbocycles. The van der Waals surface area contributed by atoms with Crippen LogP contribution in [-0.2, 0) is 10.0 Å². The van der Waals surface area contributed by atoms with E-state index in [0.29, 0.717) is 5.56 Å². The van der Waals surface area contributed by atoms with E-state index < -0.39 is 15.8 Å². The number of nitrogens with one attached hydrogen (secondary N) is 1. The van der Waals surface area contributed by atoms with E-state index in [1.807, 2.05) is 0 Å². The molecule has 112 valence electrons. The SMILES string of the molecule is Cc1cc(F)cc(NS(=O)(=O)c2cc(Cl)cc(N)c2Br)c1. The smallest absolute Gasteiger partial charge is 0.263 e. The average molecular weight is 394 g/mol. The number of nitrogen functional groups attached to an aromatic ring is 1. The van der Waals surface area contributed by atoms with E-state index in [0.717, 1.165) is 6.07 Å². The number of anilines is 2. The van der Waals surface area contributed by atoms with Crippen LogP contribution in [0.1, 0.15) is 5.56 Å². The number of rotatable bonds is 3. The topological polar surface area (TPSA) is 72.2 Å². The first kappa shape index (κ1) is 16.1. The van der Waals surface area contributed by atoms with Crippen molar-refractivity contribution in [3.8, 4) is 0 Å². The fourth-order valence-electron chi connectivity index (χ4n) is 1.79. The van der Waals surface area contributed by atoms with E-state index in [2.05, 4.69) is 20.7 Å². The zero-order valence-electron chi connectivity index (χ0n) is 10.8. The van der Waals surface area contributed by atoms with Crippen molar-refractivity contribution in [1.82, 2.24) is 0 Å². The third-order valence-corrected chi connectivity index (χ3v) is 5.39. The Kier molecular flexibility index (Phi) is 4.46. The number of nitrogens with two attached hydrogens (primary N) is 1. The molecule has 0 saturated heterocycles. The number of halogens is 3. The van der Waals surface area contributed by atoms with Gasteiger partial charge >= 0.3 is 0 Å². The van der Waals surface area contributed by atoms with Crippen LogP contribution in [0, 0.1) is 12.7 Å². The summed E-state index contributed by atoms with van der Waals surface area (Å²) in [7, 11) is -3.95. The molecule has 0 atom stereocenters. The van der Waals surface area contributed by atoms with Crippen LogP contribution in [0.4, 0.5) is 15.8 Å². The maximum Gasteiger partial charge on any atom is 0.263 e. The minimum atomic E-state index is -3.95. The second-order valence-corrected chi connectivity index (χ2v) is 7.31. The lowest BCUT2D eigenvalue weighted by Gasteiger charge is -2.12. The maximum absolute atomic E-state index is 13.3. The van der Waals surface area contributed by atoms with E-state index in [1.54, 1.807) is 6.92 Å². The summed E-state index contributed by atoms with van der Waals surface area (Å²) in [4.78, 5) is -0.116. The van der Waals surface area contributed by atoms with E-state index in [9.17, 15) is 12.8 Å². The molecule has 0 heterocycles. The van der Waals surface area contributed by atoms with Gasteiger partial charge in [0.1, 0.15) is 10.7 Å². The molecular formula is C13H11BrClFN2O2S. The van der Waals surface area contributed by atoms with Crippen LogP contribution in [0.3, 0.4) is 0 Å². The molecule has 0 fully saturated rings. The first-order valence-corrected chi connectivity index (χ1v) is 8.39. The van der Waals surface area contributed by atoms with Crippen molar-refractivity contribution in [2.75, 3.05) is 10.5 Å². The van der Waals surface area contributed by atoms with Crippen LogP contribution in [-0.4, -0.2) is 8.42 Å². The van der Waals surface area contributed by atoms with E-state index in [1.165, 1.54) is 24.3 Å². The third kappa shape index (κ3) is 3.66. The Balaban J connectivity index is 2.48. The normalized spacial score (nSPS) is 11.4. The molecule has 0 radical (unpaired) electrons. The van der Waals surface area contributed by atoms with Crippen molar-refractivity contribution in [2.45, 2.75) is 11.8 Å². The fourth-order valence-corrected chi connectivity index (χ4v) is 4.12. The summed E-state index contributed by atoms with van der Waals surface area (Å²) in [5, 5.41) is 0.187. The maximum atomic E-state index is 13.3. The molecule has 8 heteroatoms. The van der Waals surface area contributed by atoms with Crippen LogP contribution in [0.25, 0.3) is 0 Å². The Morgan fingerprint density at radius 3 is 2.52 bits per heavy atom. The molecule has 0 saturated carbocycles. The Labute approximate surface area is 135 Å². The summed E-state index contributed by atoms with van der Waals surface area (Å²) in [6.45, 7) is 1.66. The molecule has 2 rings (SSSR count). The van der Waals surface area contributed by atoms with E-state index >= 15 is 0 Å². The zero-order valence-corrected chi connectivity index (χ0v) is 14.0. The summed E-state index contributed by atoms with van der Waals surface area (Å²) in [6, 6.07) is 6.59. The molecule has 0 aliphatic heterocycles. The van der Waals surface area contributed by atoms with Gasteiger partial charge in [-0.3, -0.25) is 4.72 Å². The molecule has 0 aliphatic carbocycles. The van der Waals surface area contributed by atoms with Gasteiger partial charge in [0.2, 0.25) is 0 Å². The van der Waals surface area contributed by atoms with E-state index in [4.69, 9.17) is 17.3 Å². The van der Waals surface area contributed by atoms with Crippen LogP contribution in [0.2, 0.25) is 5.02 Å². The van der Waals surface area contributed by atoms with Crippen molar-refractivity contribution in [2.24, 2.45) is 0 Å². The van der Waals surface area contributed by atoms with Gasteiger partial charge in [-0.25, -0.2) is 12.8 Å². The highest BCUT2D eigenvalue weighted by molar-refractivity contribution is 9.10. The van der Waals surface area contributed by atoms with Gasteiger partial charge in [-0.1, -0.05) is 11.6 Å². The monoisotopic (exact) mass is 392 g/mol. The van der Waals surface area contributed by atoms with Gasteiger partial charge in [0.05, 0.1) is 10.2 Å². The Morgan fingerprint density at radius 2 is 1.90 bits per heavy atom. The van der Waals surface area contributed by atoms with Gasteiger partial charge in [0.15, 0.2) is 0 Å². The lowest BCUT2D eigenvalue weighted by molar-refractivity contribution is 0.600. The molecular weight excluding hydrogens is 383 g/mol. The second-order valence-electron chi connectivity index (χ2n) is 4.43. The quantitative estimate of drug-likeness (QED) is 0.776. The van der Waals surface area contributed by atoms with Crippen molar-refractivity contribution >= 4 is 48.9 Å². The fraction of sp³-hybridized carbons (Fsp3) is 0.0769. The molecule has 0 aromatic heterocycles. The Bertz CT molecular complexity index is 792. The number of sulfonamides is 1. The minimum Gasteiger partial charge on any atom is -0.398 e. The molecule has 0 spiro atoms. The van der Waals surface area contributed by atoms with Gasteiger partial charge in [-0.2, -0.15) is 0 Å². The average Bonchev–Trinajstić information content (AvgIpc) is 2.31. The second kappa shape index (κ2) is 5.82.